The lowest BCUT2D eigenvalue weighted by molar-refractivity contribution is -0.385. The number of hydrazone groups is 1. The SMILES string of the molecule is C/C(=N/NC(=O)c1ccc(C)c([N+](=O)[O-])c1)c1cccc(NC(=O)c2ccccc2)c1. The highest BCUT2D eigenvalue weighted by Gasteiger charge is 2.15. The molecule has 31 heavy (non-hydrogen) atoms. The van der Waals surface area contributed by atoms with E-state index in [0.717, 1.165) is 0 Å². The van der Waals surface area contributed by atoms with E-state index in [-0.39, 0.29) is 17.2 Å². The molecule has 0 aromatic heterocycles. The molecular formula is C23H20N4O4. The fourth-order valence-corrected chi connectivity index (χ4v) is 2.83. The van der Waals surface area contributed by atoms with Crippen molar-refractivity contribution < 1.29 is 14.5 Å². The van der Waals surface area contributed by atoms with E-state index in [9.17, 15) is 19.7 Å². The Labute approximate surface area is 178 Å². The molecule has 0 unspecified atom stereocenters. The molecule has 0 aliphatic heterocycles. The molecule has 0 radical (unpaired) electrons. The minimum Gasteiger partial charge on any atom is -0.322 e. The number of carbonyl (C=O) groups is 2. The van der Waals surface area contributed by atoms with E-state index in [1.54, 1.807) is 62.4 Å². The number of rotatable bonds is 6. The molecule has 3 rings (SSSR count). The normalized spacial score (nSPS) is 11.0. The summed E-state index contributed by atoms with van der Waals surface area (Å²) in [5.41, 5.74) is 5.21. The summed E-state index contributed by atoms with van der Waals surface area (Å²) in [6, 6.07) is 20.1. The van der Waals surface area contributed by atoms with Crippen LogP contribution in [0.3, 0.4) is 0 Å². The van der Waals surface area contributed by atoms with Gasteiger partial charge in [0.15, 0.2) is 0 Å². The Hall–Kier alpha value is -4.33. The molecule has 8 nitrogen and oxygen atoms in total. The number of aryl methyl sites for hydroxylation is 1. The summed E-state index contributed by atoms with van der Waals surface area (Å²) in [6.07, 6.45) is 0. The Morgan fingerprint density at radius 1 is 0.871 bits per heavy atom. The number of amides is 2. The summed E-state index contributed by atoms with van der Waals surface area (Å²) in [7, 11) is 0. The first-order valence-electron chi connectivity index (χ1n) is 9.41. The Bertz CT molecular complexity index is 1170. The largest absolute Gasteiger partial charge is 0.322 e. The lowest BCUT2D eigenvalue weighted by atomic mass is 10.1. The number of nitro groups is 1. The molecule has 2 N–H and O–H groups in total. The minimum atomic E-state index is -0.559. The third-order valence-electron chi connectivity index (χ3n) is 4.57. The predicted octanol–water partition coefficient (Wildman–Crippen LogP) is 4.31. The summed E-state index contributed by atoms with van der Waals surface area (Å²) in [4.78, 5) is 35.2. The van der Waals surface area contributed by atoms with E-state index < -0.39 is 10.8 Å². The summed E-state index contributed by atoms with van der Waals surface area (Å²) < 4.78 is 0. The van der Waals surface area contributed by atoms with Gasteiger partial charge in [-0.15, -0.1) is 0 Å². The first-order chi connectivity index (χ1) is 14.8. The van der Waals surface area contributed by atoms with Crippen LogP contribution in [0.4, 0.5) is 11.4 Å². The molecule has 0 atom stereocenters. The second-order valence-electron chi connectivity index (χ2n) is 6.80. The van der Waals surface area contributed by atoms with Gasteiger partial charge in [-0.05, 0) is 49.7 Å². The number of carbonyl (C=O) groups excluding carboxylic acids is 2. The fraction of sp³-hybridized carbons (Fsp3) is 0.0870. The zero-order valence-electron chi connectivity index (χ0n) is 17.0. The zero-order valence-corrected chi connectivity index (χ0v) is 17.0. The molecular weight excluding hydrogens is 396 g/mol. The summed E-state index contributed by atoms with van der Waals surface area (Å²) in [6.45, 7) is 3.31. The maximum Gasteiger partial charge on any atom is 0.273 e. The van der Waals surface area contributed by atoms with Crippen molar-refractivity contribution in [3.8, 4) is 0 Å². The highest BCUT2D eigenvalue weighted by Crippen LogP contribution is 2.19. The molecule has 0 aliphatic carbocycles. The van der Waals surface area contributed by atoms with Crippen LogP contribution >= 0.6 is 0 Å². The number of hydrogen-bond acceptors (Lipinski definition) is 5. The lowest BCUT2D eigenvalue weighted by Crippen LogP contribution is -2.19. The quantitative estimate of drug-likeness (QED) is 0.354. The molecule has 0 saturated heterocycles. The van der Waals surface area contributed by atoms with Gasteiger partial charge in [0, 0.05) is 28.4 Å². The minimum absolute atomic E-state index is 0.129. The van der Waals surface area contributed by atoms with Gasteiger partial charge in [0.1, 0.15) is 0 Å². The number of nitrogens with one attached hydrogen (secondary N) is 2. The number of hydrogen-bond donors (Lipinski definition) is 2. The number of nitrogens with zero attached hydrogens (tertiary/aromatic N) is 2. The van der Waals surface area contributed by atoms with Crippen molar-refractivity contribution in [1.29, 1.82) is 0 Å². The highest BCUT2D eigenvalue weighted by molar-refractivity contribution is 6.06. The molecule has 0 spiro atoms. The van der Waals surface area contributed by atoms with Crippen molar-refractivity contribution in [3.05, 3.63) is 105 Å². The van der Waals surface area contributed by atoms with Crippen LogP contribution in [0.5, 0.6) is 0 Å². The van der Waals surface area contributed by atoms with Gasteiger partial charge in [-0.25, -0.2) is 5.43 Å². The molecule has 0 fully saturated rings. The predicted molar refractivity (Wildman–Crippen MR) is 118 cm³/mol. The van der Waals surface area contributed by atoms with Gasteiger partial charge in [0.25, 0.3) is 17.5 Å². The van der Waals surface area contributed by atoms with Gasteiger partial charge in [0.05, 0.1) is 10.6 Å². The van der Waals surface area contributed by atoms with Crippen LogP contribution in [0.1, 0.15) is 38.8 Å². The van der Waals surface area contributed by atoms with Gasteiger partial charge >= 0.3 is 0 Å². The first kappa shape index (κ1) is 21.4. The number of nitro benzene ring substituents is 1. The van der Waals surface area contributed by atoms with E-state index in [2.05, 4.69) is 15.8 Å². The van der Waals surface area contributed by atoms with Gasteiger partial charge in [-0.3, -0.25) is 19.7 Å². The van der Waals surface area contributed by atoms with Crippen molar-refractivity contribution in [3.63, 3.8) is 0 Å². The number of benzene rings is 3. The Balaban J connectivity index is 1.71. The van der Waals surface area contributed by atoms with Gasteiger partial charge in [-0.1, -0.05) is 36.4 Å². The van der Waals surface area contributed by atoms with Crippen molar-refractivity contribution in [2.75, 3.05) is 5.32 Å². The summed E-state index contributed by atoms with van der Waals surface area (Å²) >= 11 is 0. The fourth-order valence-electron chi connectivity index (χ4n) is 2.83. The van der Waals surface area contributed by atoms with Crippen LogP contribution in [-0.4, -0.2) is 22.4 Å². The van der Waals surface area contributed by atoms with E-state index in [1.807, 2.05) is 6.07 Å². The van der Waals surface area contributed by atoms with Crippen molar-refractivity contribution >= 4 is 28.9 Å². The topological polar surface area (TPSA) is 114 Å². The highest BCUT2D eigenvalue weighted by atomic mass is 16.6. The molecule has 0 aliphatic rings. The second kappa shape index (κ2) is 9.45. The van der Waals surface area contributed by atoms with Crippen LogP contribution in [0.25, 0.3) is 0 Å². The molecule has 8 heteroatoms. The third kappa shape index (κ3) is 5.39. The van der Waals surface area contributed by atoms with E-state index in [4.69, 9.17) is 0 Å². The molecule has 2 amide bonds. The Morgan fingerprint density at radius 3 is 2.29 bits per heavy atom. The average Bonchev–Trinajstić information content (AvgIpc) is 2.78. The maximum absolute atomic E-state index is 12.3. The smallest absolute Gasteiger partial charge is 0.273 e. The van der Waals surface area contributed by atoms with Crippen LogP contribution < -0.4 is 10.7 Å². The zero-order chi connectivity index (χ0) is 22.4. The van der Waals surface area contributed by atoms with Crippen LogP contribution in [0, 0.1) is 17.0 Å². The van der Waals surface area contributed by atoms with Crippen molar-refractivity contribution in [2.45, 2.75) is 13.8 Å². The molecule has 0 bridgehead atoms. The van der Waals surface area contributed by atoms with Gasteiger partial charge in [-0.2, -0.15) is 5.10 Å². The monoisotopic (exact) mass is 416 g/mol. The lowest BCUT2D eigenvalue weighted by Gasteiger charge is -2.08. The van der Waals surface area contributed by atoms with Crippen molar-refractivity contribution in [2.24, 2.45) is 5.10 Å². The summed E-state index contributed by atoms with van der Waals surface area (Å²) in [5.74, 6) is -0.794. The van der Waals surface area contributed by atoms with E-state index >= 15 is 0 Å². The van der Waals surface area contributed by atoms with Crippen molar-refractivity contribution in [1.82, 2.24) is 5.43 Å². The summed E-state index contributed by atoms with van der Waals surface area (Å²) in [5, 5.41) is 18.0. The molecule has 0 heterocycles. The Morgan fingerprint density at radius 2 is 1.58 bits per heavy atom. The van der Waals surface area contributed by atoms with Gasteiger partial charge in [0.2, 0.25) is 0 Å². The van der Waals surface area contributed by atoms with Crippen LogP contribution in [0.2, 0.25) is 0 Å². The van der Waals surface area contributed by atoms with Gasteiger partial charge < -0.3 is 5.32 Å². The Kier molecular flexibility index (Phi) is 6.51. The maximum atomic E-state index is 12.3. The van der Waals surface area contributed by atoms with E-state index in [1.165, 1.54) is 18.2 Å². The molecule has 0 saturated carbocycles. The molecule has 3 aromatic carbocycles. The third-order valence-corrected chi connectivity index (χ3v) is 4.57. The number of anilines is 1. The second-order valence-corrected chi connectivity index (χ2v) is 6.80. The standard InChI is InChI=1S/C23H20N4O4/c1-15-11-12-19(14-21(15)27(30)31)23(29)26-25-16(2)18-9-6-10-20(13-18)24-22(28)17-7-4-3-5-8-17/h3-14H,1-2H3,(H,24,28)(H,26,29)/b25-16-. The first-order valence-corrected chi connectivity index (χ1v) is 9.41. The average molecular weight is 416 g/mol. The van der Waals surface area contributed by atoms with E-state index in [0.29, 0.717) is 28.1 Å². The molecule has 3 aromatic rings. The van der Waals surface area contributed by atoms with Crippen LogP contribution in [0.15, 0.2) is 77.9 Å². The molecule has 156 valence electrons. The van der Waals surface area contributed by atoms with Crippen LogP contribution in [-0.2, 0) is 0 Å².